The predicted octanol–water partition coefficient (Wildman–Crippen LogP) is 22.6. The number of ether oxygens (including phenoxy) is 1. The first-order valence-corrected chi connectivity index (χ1v) is 36.9. The van der Waals surface area contributed by atoms with E-state index in [0.717, 1.165) is 135 Å². The number of allylic oxidation sites excluding steroid dienone is 19. The van der Waals surface area contributed by atoms with E-state index in [1.807, 2.05) is 33.3 Å². The van der Waals surface area contributed by atoms with Crippen molar-refractivity contribution in [2.45, 2.75) is 309 Å². The Labute approximate surface area is 531 Å². The van der Waals surface area contributed by atoms with Crippen molar-refractivity contribution in [3.63, 3.8) is 0 Å². The Bertz CT molecular complexity index is 1890. The molecule has 0 aliphatic carbocycles. The molecule has 0 rings (SSSR count). The van der Waals surface area contributed by atoms with Gasteiger partial charge in [0.05, 0.1) is 33.8 Å². The molecule has 0 bridgehead atoms. The molecule has 9 nitrogen and oxygen atoms in total. The number of esters is 1. The first-order chi connectivity index (χ1) is 41.9. The second-order valence-electron chi connectivity index (χ2n) is 24.7. The van der Waals surface area contributed by atoms with Crippen molar-refractivity contribution in [1.82, 2.24) is 5.32 Å². The molecule has 0 radical (unpaired) electrons. The number of nitrogens with zero attached hydrogens (tertiary/aromatic N) is 1. The topological polar surface area (TPSA) is 111 Å². The number of hydrogen-bond acceptors (Lipinski definition) is 6. The van der Waals surface area contributed by atoms with Crippen molar-refractivity contribution < 1.29 is 37.3 Å². The lowest BCUT2D eigenvalue weighted by Crippen LogP contribution is -2.47. The highest BCUT2D eigenvalue weighted by Crippen LogP contribution is 2.43. The zero-order valence-corrected chi connectivity index (χ0v) is 57.4. The fourth-order valence-electron chi connectivity index (χ4n) is 9.72. The summed E-state index contributed by atoms with van der Waals surface area (Å²) in [7, 11) is 1.47. The van der Waals surface area contributed by atoms with Crippen LogP contribution in [0.1, 0.15) is 297 Å². The van der Waals surface area contributed by atoms with Gasteiger partial charge in [0.1, 0.15) is 19.3 Å². The van der Waals surface area contributed by atoms with Crippen molar-refractivity contribution in [3.8, 4) is 0 Å². The van der Waals surface area contributed by atoms with Crippen LogP contribution in [-0.4, -0.2) is 74.3 Å². The largest absolute Gasteiger partial charge is 0.472 e. The molecule has 0 fully saturated rings. The smallest absolute Gasteiger partial charge is 0.456 e. The number of carbonyl (C=O) groups is 2. The van der Waals surface area contributed by atoms with Gasteiger partial charge in [-0.1, -0.05) is 284 Å². The molecule has 86 heavy (non-hydrogen) atoms. The highest BCUT2D eigenvalue weighted by Gasteiger charge is 2.30. The Morgan fingerprint density at radius 3 is 1.14 bits per heavy atom. The number of quaternary nitrogens is 1. The van der Waals surface area contributed by atoms with Crippen LogP contribution in [0, 0.1) is 0 Å². The normalized spacial score (nSPS) is 14.3. The molecule has 2 N–H and O–H groups in total. The van der Waals surface area contributed by atoms with Crippen LogP contribution in [0.25, 0.3) is 0 Å². The summed E-state index contributed by atoms with van der Waals surface area (Å²) in [4.78, 5) is 37.9. The van der Waals surface area contributed by atoms with E-state index in [9.17, 15) is 19.0 Å². The van der Waals surface area contributed by atoms with Gasteiger partial charge in [0.25, 0.3) is 0 Å². The van der Waals surface area contributed by atoms with Crippen molar-refractivity contribution >= 4 is 19.7 Å². The monoisotopic (exact) mass is 1220 g/mol. The summed E-state index contributed by atoms with van der Waals surface area (Å²) in [5.41, 5.74) is 0. The number of likely N-dealkylation sites (N-methyl/N-ethyl adjacent to an activating group) is 1. The van der Waals surface area contributed by atoms with E-state index in [0.29, 0.717) is 23.9 Å². The van der Waals surface area contributed by atoms with Gasteiger partial charge in [0.2, 0.25) is 5.91 Å². The Balaban J connectivity index is 5.12. The van der Waals surface area contributed by atoms with E-state index in [4.69, 9.17) is 13.8 Å². The summed E-state index contributed by atoms with van der Waals surface area (Å²) in [6.07, 6.45) is 90.6. The lowest BCUT2D eigenvalue weighted by molar-refractivity contribution is -0.870. The van der Waals surface area contributed by atoms with Crippen molar-refractivity contribution in [1.29, 1.82) is 0 Å². The number of carbonyl (C=O) groups excluding carboxylic acids is 2. The maximum absolute atomic E-state index is 13.6. The molecule has 3 unspecified atom stereocenters. The zero-order valence-electron chi connectivity index (χ0n) is 56.5. The van der Waals surface area contributed by atoms with Gasteiger partial charge >= 0.3 is 13.8 Å². The average molecular weight is 1220 g/mol. The Morgan fingerprint density at radius 2 is 0.744 bits per heavy atom. The van der Waals surface area contributed by atoms with Crippen LogP contribution in [0.15, 0.2) is 122 Å². The van der Waals surface area contributed by atoms with Gasteiger partial charge in [-0.15, -0.1) is 0 Å². The number of unbranched alkanes of at least 4 members (excludes halogenated alkanes) is 29. The van der Waals surface area contributed by atoms with Crippen LogP contribution in [-0.2, 0) is 27.9 Å². The van der Waals surface area contributed by atoms with E-state index in [2.05, 4.69) is 135 Å². The number of phosphoric acid groups is 1. The summed E-state index contributed by atoms with van der Waals surface area (Å²) in [6.45, 7) is 6.86. The molecule has 1 amide bonds. The molecule has 3 atom stereocenters. The minimum Gasteiger partial charge on any atom is -0.456 e. The third kappa shape index (κ3) is 64.9. The van der Waals surface area contributed by atoms with Crippen LogP contribution in [0.3, 0.4) is 0 Å². The predicted molar refractivity (Wildman–Crippen MR) is 373 cm³/mol. The van der Waals surface area contributed by atoms with Crippen LogP contribution in [0.4, 0.5) is 0 Å². The SMILES string of the molecule is CC/C=C\C/C=C\C/C=C\C/C=C\C/C=C\CCCCCCCCCCCCCC(=O)NC(COP(=O)(O)OCC[N+](C)(C)C)C(/C=C\CCCCCCCCCCCC)OC(=O)CCCCCCC/C=C\C/C=C\C/C=C\C/C=C\CCCCC. The second-order valence-corrected chi connectivity index (χ2v) is 26.1. The molecule has 0 aliphatic heterocycles. The van der Waals surface area contributed by atoms with E-state index in [1.54, 1.807) is 0 Å². The molecule has 10 heteroatoms. The van der Waals surface area contributed by atoms with Gasteiger partial charge in [-0.3, -0.25) is 18.6 Å². The van der Waals surface area contributed by atoms with Crippen LogP contribution < -0.4 is 5.32 Å². The zero-order chi connectivity index (χ0) is 62.8. The minimum absolute atomic E-state index is 0.0308. The maximum atomic E-state index is 13.6. The molecular weight excluding hydrogens is 1080 g/mol. The quantitative estimate of drug-likeness (QED) is 0.0205. The fraction of sp³-hybridized carbons (Fsp3) is 0.711. The molecule has 0 saturated carbocycles. The molecule has 0 aromatic carbocycles. The highest BCUT2D eigenvalue weighted by atomic mass is 31.2. The summed E-state index contributed by atoms with van der Waals surface area (Å²) >= 11 is 0. The molecule has 0 aromatic heterocycles. The van der Waals surface area contributed by atoms with Gasteiger partial charge < -0.3 is 19.4 Å². The highest BCUT2D eigenvalue weighted by molar-refractivity contribution is 7.47. The number of phosphoric ester groups is 1. The van der Waals surface area contributed by atoms with E-state index in [1.165, 1.54) is 122 Å². The lowest BCUT2D eigenvalue weighted by Gasteiger charge is -2.27. The third-order valence-electron chi connectivity index (χ3n) is 15.1. The first kappa shape index (κ1) is 82.4. The number of rotatable bonds is 63. The number of nitrogens with one attached hydrogen (secondary N) is 1. The summed E-state index contributed by atoms with van der Waals surface area (Å²) in [5, 5.41) is 3.06. The average Bonchev–Trinajstić information content (AvgIpc) is 3.67. The summed E-state index contributed by atoms with van der Waals surface area (Å²) < 4.78 is 30.8. The molecular formula is C76H134N2O7P+. The molecule has 494 valence electrons. The van der Waals surface area contributed by atoms with Crippen LogP contribution in [0.5, 0.6) is 0 Å². The van der Waals surface area contributed by atoms with Crippen molar-refractivity contribution in [3.05, 3.63) is 122 Å². The van der Waals surface area contributed by atoms with Gasteiger partial charge in [-0.25, -0.2) is 4.57 Å². The van der Waals surface area contributed by atoms with Gasteiger partial charge in [-0.2, -0.15) is 0 Å². The Hall–Kier alpha value is -3.59. The van der Waals surface area contributed by atoms with Gasteiger partial charge in [0.15, 0.2) is 0 Å². The lowest BCUT2D eigenvalue weighted by atomic mass is 10.0. The molecule has 0 saturated heterocycles. The first-order valence-electron chi connectivity index (χ1n) is 35.4. The number of hydrogen-bond donors (Lipinski definition) is 2. The summed E-state index contributed by atoms with van der Waals surface area (Å²) in [5.74, 6) is -0.531. The molecule has 0 aliphatic rings. The van der Waals surface area contributed by atoms with E-state index in [-0.39, 0.29) is 31.5 Å². The third-order valence-corrected chi connectivity index (χ3v) is 16.1. The fourth-order valence-corrected chi connectivity index (χ4v) is 10.5. The van der Waals surface area contributed by atoms with E-state index >= 15 is 0 Å². The minimum atomic E-state index is -4.47. The molecule has 0 aromatic rings. The van der Waals surface area contributed by atoms with Crippen molar-refractivity contribution in [2.75, 3.05) is 40.9 Å². The molecule has 0 heterocycles. The van der Waals surface area contributed by atoms with Crippen LogP contribution in [0.2, 0.25) is 0 Å². The van der Waals surface area contributed by atoms with Crippen molar-refractivity contribution in [2.24, 2.45) is 0 Å². The molecule has 0 spiro atoms. The Kier molecular flexibility index (Phi) is 61.7. The maximum Gasteiger partial charge on any atom is 0.472 e. The van der Waals surface area contributed by atoms with E-state index < -0.39 is 20.0 Å². The van der Waals surface area contributed by atoms with Gasteiger partial charge in [-0.05, 0) is 122 Å². The Morgan fingerprint density at radius 1 is 0.419 bits per heavy atom. The number of amides is 1. The van der Waals surface area contributed by atoms with Gasteiger partial charge in [0, 0.05) is 12.8 Å². The summed E-state index contributed by atoms with van der Waals surface area (Å²) in [6, 6.07) is -0.867. The standard InChI is InChI=1S/C76H133N2O7P/c1-7-10-13-16-19-22-25-28-30-32-34-36-37-38-39-40-41-43-44-46-48-50-53-56-59-62-65-68-75(79)77-73(72-84-86(81,82)83-71-70-78(4,5)6)74(67-64-61-58-55-52-27-24-21-18-15-12-9-3)85-76(80)69-66-63-60-57-54-51-49-47-45-42-35-33-31-29-26-23-20-17-14-11-8-2/h10,13,19-20,22-23,28-31,34-36,38-39,42,47,49,64,67,73-74H,7-9,11-12,14-18,21,24-27,32-33,37,40-41,43-46,48,50-63,65-66,68-72H2,1-6H3,(H-,77,79,81,82)/p+1/b13-10-,22-19-,23-20-,30-28-,31-29-,36-34-,39-38-,42-35-,49-47-,67-64-. The van der Waals surface area contributed by atoms with Crippen LogP contribution >= 0.6 is 7.82 Å². The second kappa shape index (κ2) is 64.4.